The van der Waals surface area contributed by atoms with Crippen molar-refractivity contribution in [3.63, 3.8) is 0 Å². The molecule has 1 aliphatic heterocycles. The van der Waals surface area contributed by atoms with Gasteiger partial charge in [-0.25, -0.2) is 4.98 Å². The Morgan fingerprint density at radius 3 is 2.92 bits per heavy atom. The first-order chi connectivity index (χ1) is 12.1. The molecule has 3 unspecified atom stereocenters. The smallest absolute Gasteiger partial charge is 0.320 e. The zero-order valence-electron chi connectivity index (χ0n) is 13.9. The van der Waals surface area contributed by atoms with Crippen LogP contribution in [-0.4, -0.2) is 33.0 Å². The Bertz CT molecular complexity index is 778. The summed E-state index contributed by atoms with van der Waals surface area (Å²) in [6, 6.07) is 7.71. The summed E-state index contributed by atoms with van der Waals surface area (Å²) in [6.07, 6.45) is 5.48. The highest BCUT2D eigenvalue weighted by atomic mass is 35.5. The summed E-state index contributed by atoms with van der Waals surface area (Å²) in [4.78, 5) is 18.7. The minimum Gasteiger partial charge on any atom is -0.480 e. The van der Waals surface area contributed by atoms with Crippen molar-refractivity contribution in [2.75, 3.05) is 0 Å². The molecule has 1 N–H and O–H groups in total. The molecule has 4 rings (SSSR count). The topological polar surface area (TPSA) is 53.4 Å². The molecule has 1 aromatic heterocycles. The van der Waals surface area contributed by atoms with E-state index in [0.717, 1.165) is 35.5 Å². The van der Waals surface area contributed by atoms with Crippen molar-refractivity contribution < 1.29 is 9.90 Å². The first-order valence-corrected chi connectivity index (χ1v) is 10.1. The second-order valence-electron chi connectivity index (χ2n) is 6.98. The standard InChI is InChI=1S/C19H21ClN2O2S/c20-14-7-3-2-6-13(14)15-11-25-18(21-15)10-22-16-8-4-1-5-12(16)9-17(22)19(23)24/h2-3,6-7,11-12,16-17H,1,4-5,8-10H2,(H,23,24). The highest BCUT2D eigenvalue weighted by Crippen LogP contribution is 2.41. The van der Waals surface area contributed by atoms with Crippen LogP contribution in [0.2, 0.25) is 5.02 Å². The van der Waals surface area contributed by atoms with Crippen molar-refractivity contribution in [1.29, 1.82) is 0 Å². The van der Waals surface area contributed by atoms with Crippen LogP contribution in [0.15, 0.2) is 29.6 Å². The molecule has 1 saturated carbocycles. The number of benzene rings is 1. The number of likely N-dealkylation sites (tertiary alicyclic amines) is 1. The number of hydrogen-bond acceptors (Lipinski definition) is 4. The van der Waals surface area contributed by atoms with Crippen molar-refractivity contribution >= 4 is 28.9 Å². The van der Waals surface area contributed by atoms with Gasteiger partial charge < -0.3 is 5.11 Å². The van der Waals surface area contributed by atoms with E-state index >= 15 is 0 Å². The predicted octanol–water partition coefficient (Wildman–Crippen LogP) is 4.68. The summed E-state index contributed by atoms with van der Waals surface area (Å²) < 4.78 is 0. The van der Waals surface area contributed by atoms with Crippen LogP contribution in [0.3, 0.4) is 0 Å². The number of aromatic nitrogens is 1. The third-order valence-electron chi connectivity index (χ3n) is 5.53. The maximum atomic E-state index is 11.7. The Hall–Kier alpha value is -1.43. The molecule has 132 valence electrons. The van der Waals surface area contributed by atoms with Gasteiger partial charge >= 0.3 is 5.97 Å². The highest BCUT2D eigenvalue weighted by Gasteiger charge is 2.45. The summed E-state index contributed by atoms with van der Waals surface area (Å²) in [5.41, 5.74) is 1.80. The molecule has 25 heavy (non-hydrogen) atoms. The molecule has 2 heterocycles. The third kappa shape index (κ3) is 3.33. The van der Waals surface area contributed by atoms with Crippen molar-refractivity contribution in [1.82, 2.24) is 9.88 Å². The summed E-state index contributed by atoms with van der Waals surface area (Å²) in [5, 5.41) is 13.3. The number of carboxylic acid groups (broad SMARTS) is 1. The quantitative estimate of drug-likeness (QED) is 0.841. The van der Waals surface area contributed by atoms with Gasteiger partial charge in [0.05, 0.1) is 12.2 Å². The average Bonchev–Trinajstić information content (AvgIpc) is 3.21. The number of aliphatic carboxylic acids is 1. The molecule has 3 atom stereocenters. The fourth-order valence-corrected chi connectivity index (χ4v) is 5.39. The molecule has 4 nitrogen and oxygen atoms in total. The number of rotatable bonds is 4. The molecule has 2 fully saturated rings. The molecule has 0 spiro atoms. The Kier molecular flexibility index (Phi) is 4.80. The predicted molar refractivity (Wildman–Crippen MR) is 99.9 cm³/mol. The van der Waals surface area contributed by atoms with Gasteiger partial charge in [0.1, 0.15) is 11.0 Å². The van der Waals surface area contributed by atoms with E-state index < -0.39 is 5.97 Å². The molecule has 1 aromatic carbocycles. The molecule has 2 aromatic rings. The van der Waals surface area contributed by atoms with E-state index in [1.165, 1.54) is 12.8 Å². The molecule has 1 aliphatic carbocycles. The van der Waals surface area contributed by atoms with Gasteiger partial charge in [-0.05, 0) is 31.2 Å². The lowest BCUT2D eigenvalue weighted by atomic mass is 9.85. The SMILES string of the molecule is O=C(O)C1CC2CCCCC2N1Cc1nc(-c2ccccc2Cl)cs1. The largest absolute Gasteiger partial charge is 0.480 e. The molecular formula is C19H21ClN2O2S. The second-order valence-corrected chi connectivity index (χ2v) is 8.33. The van der Waals surface area contributed by atoms with Crippen LogP contribution in [-0.2, 0) is 11.3 Å². The molecule has 0 bridgehead atoms. The molecule has 0 radical (unpaired) electrons. The summed E-state index contributed by atoms with van der Waals surface area (Å²) in [5.74, 6) is -0.171. The number of carboxylic acids is 1. The molecular weight excluding hydrogens is 356 g/mol. The highest BCUT2D eigenvalue weighted by molar-refractivity contribution is 7.09. The van der Waals surface area contributed by atoms with Gasteiger partial charge in [-0.3, -0.25) is 9.69 Å². The molecule has 6 heteroatoms. The zero-order valence-corrected chi connectivity index (χ0v) is 15.5. The summed E-state index contributed by atoms with van der Waals surface area (Å²) in [6.45, 7) is 0.618. The van der Waals surface area contributed by atoms with Crippen molar-refractivity contribution in [2.45, 2.75) is 50.7 Å². The fraction of sp³-hybridized carbons (Fsp3) is 0.474. The maximum absolute atomic E-state index is 11.7. The van der Waals surface area contributed by atoms with Crippen molar-refractivity contribution in [3.05, 3.63) is 39.7 Å². The first-order valence-electron chi connectivity index (χ1n) is 8.81. The molecule has 0 amide bonds. The van der Waals surface area contributed by atoms with Crippen molar-refractivity contribution in [3.8, 4) is 11.3 Å². The Morgan fingerprint density at radius 1 is 1.32 bits per heavy atom. The normalized spacial score (nSPS) is 26.5. The number of fused-ring (bicyclic) bond motifs is 1. The number of halogens is 1. The fourth-order valence-electron chi connectivity index (χ4n) is 4.36. The van der Waals surface area contributed by atoms with Crippen LogP contribution in [0, 0.1) is 5.92 Å². The van der Waals surface area contributed by atoms with Crippen LogP contribution >= 0.6 is 22.9 Å². The van der Waals surface area contributed by atoms with Crippen LogP contribution < -0.4 is 0 Å². The Balaban J connectivity index is 1.56. The summed E-state index contributed by atoms with van der Waals surface area (Å²) in [7, 11) is 0. The van der Waals surface area contributed by atoms with Crippen LogP contribution in [0.5, 0.6) is 0 Å². The van der Waals surface area contributed by atoms with E-state index in [-0.39, 0.29) is 6.04 Å². The molecule has 1 saturated heterocycles. The van der Waals surface area contributed by atoms with Crippen molar-refractivity contribution in [2.24, 2.45) is 5.92 Å². The van der Waals surface area contributed by atoms with E-state index in [2.05, 4.69) is 4.90 Å². The lowest BCUT2D eigenvalue weighted by Gasteiger charge is -2.32. The minimum atomic E-state index is -0.697. The van der Waals surface area contributed by atoms with Crippen LogP contribution in [0.25, 0.3) is 11.3 Å². The van der Waals surface area contributed by atoms with Crippen LogP contribution in [0.4, 0.5) is 0 Å². The zero-order chi connectivity index (χ0) is 17.4. The van der Waals surface area contributed by atoms with Crippen LogP contribution in [0.1, 0.15) is 37.1 Å². The monoisotopic (exact) mass is 376 g/mol. The van der Waals surface area contributed by atoms with E-state index in [0.29, 0.717) is 23.5 Å². The lowest BCUT2D eigenvalue weighted by Crippen LogP contribution is -2.41. The Labute approximate surface area is 156 Å². The second kappa shape index (κ2) is 7.06. The number of thiazole rings is 1. The van der Waals surface area contributed by atoms with Gasteiger partial charge in [0.25, 0.3) is 0 Å². The third-order valence-corrected chi connectivity index (χ3v) is 6.69. The van der Waals surface area contributed by atoms with Gasteiger partial charge in [0.2, 0.25) is 0 Å². The average molecular weight is 377 g/mol. The lowest BCUT2D eigenvalue weighted by molar-refractivity contribution is -0.142. The van der Waals surface area contributed by atoms with E-state index in [9.17, 15) is 9.90 Å². The molecule has 2 aliphatic rings. The first kappa shape index (κ1) is 17.0. The van der Waals surface area contributed by atoms with Gasteiger partial charge in [-0.15, -0.1) is 11.3 Å². The number of nitrogens with zero attached hydrogens (tertiary/aromatic N) is 2. The van der Waals surface area contributed by atoms with E-state index in [4.69, 9.17) is 16.6 Å². The Morgan fingerprint density at radius 2 is 2.12 bits per heavy atom. The van der Waals surface area contributed by atoms with Gasteiger partial charge in [-0.1, -0.05) is 42.6 Å². The maximum Gasteiger partial charge on any atom is 0.320 e. The van der Waals surface area contributed by atoms with E-state index in [1.807, 2.05) is 29.6 Å². The van der Waals surface area contributed by atoms with E-state index in [1.54, 1.807) is 11.3 Å². The minimum absolute atomic E-state index is 0.374. The van der Waals surface area contributed by atoms with Gasteiger partial charge in [0.15, 0.2) is 0 Å². The number of hydrogen-bond donors (Lipinski definition) is 1. The van der Waals surface area contributed by atoms with Gasteiger partial charge in [0, 0.05) is 22.0 Å². The summed E-state index contributed by atoms with van der Waals surface area (Å²) >= 11 is 7.86. The van der Waals surface area contributed by atoms with Gasteiger partial charge in [-0.2, -0.15) is 0 Å². The number of carbonyl (C=O) groups is 1.